The van der Waals surface area contributed by atoms with Gasteiger partial charge in [0.15, 0.2) is 0 Å². The molecule has 7 heteroatoms. The third-order valence-corrected chi connectivity index (χ3v) is 5.26. The monoisotopic (exact) mass is 350 g/mol. The second-order valence-corrected chi connectivity index (χ2v) is 6.98. The van der Waals surface area contributed by atoms with Crippen LogP contribution < -0.4 is 0 Å². The third kappa shape index (κ3) is 4.07. The van der Waals surface area contributed by atoms with Crippen molar-refractivity contribution < 1.29 is 4.79 Å². The van der Waals surface area contributed by atoms with Crippen LogP contribution in [0, 0.1) is 6.92 Å². The van der Waals surface area contributed by atoms with Crippen molar-refractivity contribution in [1.82, 2.24) is 19.8 Å². The molecule has 0 unspecified atom stereocenters. The molecule has 0 aromatic carbocycles. The van der Waals surface area contributed by atoms with Crippen molar-refractivity contribution in [2.45, 2.75) is 19.9 Å². The van der Waals surface area contributed by atoms with E-state index in [9.17, 15) is 4.79 Å². The van der Waals surface area contributed by atoms with E-state index in [2.05, 4.69) is 14.9 Å². The van der Waals surface area contributed by atoms with E-state index in [1.54, 1.807) is 6.07 Å². The lowest BCUT2D eigenvalue weighted by atomic mass is 10.3. The Bertz CT molecular complexity index is 673. The molecule has 3 rings (SSSR count). The van der Waals surface area contributed by atoms with Gasteiger partial charge in [0, 0.05) is 50.7 Å². The van der Waals surface area contributed by atoms with E-state index in [1.165, 1.54) is 11.3 Å². The predicted molar refractivity (Wildman–Crippen MR) is 91.9 cm³/mol. The molecule has 1 saturated heterocycles. The minimum atomic E-state index is 0.0468. The van der Waals surface area contributed by atoms with Crippen LogP contribution in [0.25, 0.3) is 0 Å². The van der Waals surface area contributed by atoms with Gasteiger partial charge in [0.05, 0.1) is 5.02 Å². The Morgan fingerprint density at radius 1 is 1.26 bits per heavy atom. The van der Waals surface area contributed by atoms with Crippen LogP contribution in [0.15, 0.2) is 23.8 Å². The van der Waals surface area contributed by atoms with E-state index in [0.717, 1.165) is 50.5 Å². The summed E-state index contributed by atoms with van der Waals surface area (Å²) in [6.45, 7) is 6.02. The molecule has 2 aromatic heterocycles. The van der Waals surface area contributed by atoms with Crippen molar-refractivity contribution in [3.05, 3.63) is 45.1 Å². The Morgan fingerprint density at radius 3 is 2.74 bits per heavy atom. The lowest BCUT2D eigenvalue weighted by Gasteiger charge is -2.21. The van der Waals surface area contributed by atoms with E-state index in [4.69, 9.17) is 11.6 Å². The SMILES string of the molecule is Cc1ncc(CN2CCCN(C(=O)c3sccc3Cl)CC2)cn1. The number of hydrogen-bond acceptors (Lipinski definition) is 5. The summed E-state index contributed by atoms with van der Waals surface area (Å²) >= 11 is 7.49. The van der Waals surface area contributed by atoms with Crippen LogP contribution in [0.5, 0.6) is 0 Å². The summed E-state index contributed by atoms with van der Waals surface area (Å²) in [5.41, 5.74) is 1.11. The lowest BCUT2D eigenvalue weighted by Crippen LogP contribution is -2.34. The smallest absolute Gasteiger partial charge is 0.265 e. The van der Waals surface area contributed by atoms with Gasteiger partial charge in [0.1, 0.15) is 10.7 Å². The summed E-state index contributed by atoms with van der Waals surface area (Å²) in [5.74, 6) is 0.833. The maximum absolute atomic E-state index is 12.6. The van der Waals surface area contributed by atoms with Crippen LogP contribution in [-0.4, -0.2) is 51.9 Å². The summed E-state index contributed by atoms with van der Waals surface area (Å²) in [7, 11) is 0. The molecule has 1 aliphatic heterocycles. The van der Waals surface area contributed by atoms with Crippen LogP contribution in [0.2, 0.25) is 5.02 Å². The molecule has 0 saturated carbocycles. The number of halogens is 1. The molecular formula is C16H19ClN4OS. The number of carbonyl (C=O) groups excluding carboxylic acids is 1. The normalized spacial score (nSPS) is 16.3. The van der Waals surface area contributed by atoms with Gasteiger partial charge >= 0.3 is 0 Å². The zero-order chi connectivity index (χ0) is 16.2. The summed E-state index contributed by atoms with van der Waals surface area (Å²) in [4.78, 5) is 25.9. The van der Waals surface area contributed by atoms with Gasteiger partial charge in [-0.25, -0.2) is 9.97 Å². The first kappa shape index (κ1) is 16.4. The van der Waals surface area contributed by atoms with Crippen molar-refractivity contribution in [3.63, 3.8) is 0 Å². The average molecular weight is 351 g/mol. The number of carbonyl (C=O) groups is 1. The van der Waals surface area contributed by atoms with Gasteiger partial charge in [-0.3, -0.25) is 9.69 Å². The molecule has 0 radical (unpaired) electrons. The second-order valence-electron chi connectivity index (χ2n) is 5.66. The van der Waals surface area contributed by atoms with Crippen molar-refractivity contribution in [2.24, 2.45) is 0 Å². The Hall–Kier alpha value is -1.50. The first-order valence-corrected chi connectivity index (χ1v) is 8.91. The van der Waals surface area contributed by atoms with Crippen molar-refractivity contribution in [3.8, 4) is 0 Å². The van der Waals surface area contributed by atoms with Crippen molar-refractivity contribution >= 4 is 28.8 Å². The fraction of sp³-hybridized carbons (Fsp3) is 0.438. The maximum Gasteiger partial charge on any atom is 0.265 e. The largest absolute Gasteiger partial charge is 0.337 e. The van der Waals surface area contributed by atoms with Crippen molar-refractivity contribution in [2.75, 3.05) is 26.2 Å². The fourth-order valence-corrected chi connectivity index (χ4v) is 3.78. The molecular weight excluding hydrogens is 332 g/mol. The summed E-state index contributed by atoms with van der Waals surface area (Å²) in [6.07, 6.45) is 4.71. The highest BCUT2D eigenvalue weighted by Crippen LogP contribution is 2.24. The van der Waals surface area contributed by atoms with Gasteiger partial charge in [-0.1, -0.05) is 11.6 Å². The van der Waals surface area contributed by atoms with Crippen LogP contribution in [-0.2, 0) is 6.54 Å². The van der Waals surface area contributed by atoms with Gasteiger partial charge < -0.3 is 4.90 Å². The van der Waals surface area contributed by atoms with Gasteiger partial charge in [0.25, 0.3) is 5.91 Å². The molecule has 0 atom stereocenters. The molecule has 1 fully saturated rings. The topological polar surface area (TPSA) is 49.3 Å². The van der Waals surface area contributed by atoms with Crippen LogP contribution in [0.4, 0.5) is 0 Å². The second kappa shape index (κ2) is 7.38. The minimum absolute atomic E-state index is 0.0468. The van der Waals surface area contributed by atoms with Gasteiger partial charge in [-0.05, 0) is 24.8 Å². The van der Waals surface area contributed by atoms with Gasteiger partial charge in [-0.2, -0.15) is 0 Å². The van der Waals surface area contributed by atoms with E-state index in [-0.39, 0.29) is 5.91 Å². The number of nitrogens with zero attached hydrogens (tertiary/aromatic N) is 4. The van der Waals surface area contributed by atoms with Crippen LogP contribution in [0.3, 0.4) is 0 Å². The zero-order valence-corrected chi connectivity index (χ0v) is 14.6. The van der Waals surface area contributed by atoms with E-state index < -0.39 is 0 Å². The lowest BCUT2D eigenvalue weighted by molar-refractivity contribution is 0.0766. The zero-order valence-electron chi connectivity index (χ0n) is 13.0. The first-order chi connectivity index (χ1) is 11.1. The van der Waals surface area contributed by atoms with Gasteiger partial charge in [0.2, 0.25) is 0 Å². The van der Waals surface area contributed by atoms with Crippen LogP contribution in [0.1, 0.15) is 27.5 Å². The first-order valence-electron chi connectivity index (χ1n) is 7.65. The fourth-order valence-electron chi connectivity index (χ4n) is 2.68. The standard InChI is InChI=1S/C16H19ClN4OS/c1-12-18-9-13(10-19-12)11-20-4-2-5-21(7-6-20)16(22)15-14(17)3-8-23-15/h3,8-10H,2,4-7,11H2,1H3. The molecule has 1 aliphatic rings. The maximum atomic E-state index is 12.6. The highest BCUT2D eigenvalue weighted by atomic mass is 35.5. The Morgan fingerprint density at radius 2 is 2.04 bits per heavy atom. The number of hydrogen-bond donors (Lipinski definition) is 0. The predicted octanol–water partition coefficient (Wildman–Crippen LogP) is 2.85. The number of aryl methyl sites for hydroxylation is 1. The van der Waals surface area contributed by atoms with Crippen molar-refractivity contribution in [1.29, 1.82) is 0 Å². The Balaban J connectivity index is 1.60. The molecule has 0 bridgehead atoms. The summed E-state index contributed by atoms with van der Waals surface area (Å²) < 4.78 is 0. The average Bonchev–Trinajstić information content (AvgIpc) is 2.84. The molecule has 5 nitrogen and oxygen atoms in total. The quantitative estimate of drug-likeness (QED) is 0.854. The molecule has 3 heterocycles. The molecule has 0 aliphatic carbocycles. The Labute approximate surface area is 144 Å². The van der Waals surface area contributed by atoms with E-state index in [1.807, 2.05) is 29.6 Å². The molecule has 122 valence electrons. The highest BCUT2D eigenvalue weighted by molar-refractivity contribution is 7.12. The molecule has 2 aromatic rings. The molecule has 0 N–H and O–H groups in total. The van der Waals surface area contributed by atoms with E-state index >= 15 is 0 Å². The third-order valence-electron chi connectivity index (χ3n) is 3.93. The highest BCUT2D eigenvalue weighted by Gasteiger charge is 2.22. The summed E-state index contributed by atoms with van der Waals surface area (Å²) in [5, 5.41) is 2.41. The number of aromatic nitrogens is 2. The summed E-state index contributed by atoms with van der Waals surface area (Å²) in [6, 6.07) is 1.78. The Kier molecular flexibility index (Phi) is 5.25. The number of amides is 1. The molecule has 1 amide bonds. The number of rotatable bonds is 3. The van der Waals surface area contributed by atoms with Gasteiger partial charge in [-0.15, -0.1) is 11.3 Å². The minimum Gasteiger partial charge on any atom is -0.337 e. The van der Waals surface area contributed by atoms with Crippen LogP contribution >= 0.6 is 22.9 Å². The molecule has 0 spiro atoms. The number of thiophene rings is 1. The molecule has 23 heavy (non-hydrogen) atoms. The van der Waals surface area contributed by atoms with E-state index in [0.29, 0.717) is 9.90 Å².